The highest BCUT2D eigenvalue weighted by atomic mass is 16.6. The Morgan fingerprint density at radius 2 is 2.10 bits per heavy atom. The number of hydrogen-bond donors (Lipinski definition) is 0. The van der Waals surface area contributed by atoms with Crippen molar-refractivity contribution < 1.29 is 14.3 Å². The van der Waals surface area contributed by atoms with E-state index < -0.39 is 5.60 Å². The van der Waals surface area contributed by atoms with Gasteiger partial charge in [-0.3, -0.25) is 9.88 Å². The number of allylic oxidation sites excluding steroid dienone is 2. The minimum Gasteiger partial charge on any atom is -0.444 e. The number of rotatable bonds is 3. The van der Waals surface area contributed by atoms with Gasteiger partial charge in [-0.2, -0.15) is 0 Å². The first-order valence-corrected chi connectivity index (χ1v) is 11.5. The van der Waals surface area contributed by atoms with Crippen LogP contribution in [0.15, 0.2) is 30.6 Å². The summed E-state index contributed by atoms with van der Waals surface area (Å²) in [6.07, 6.45) is 11.0. The maximum Gasteiger partial charge on any atom is 0.412 e. The lowest BCUT2D eigenvalue weighted by Crippen LogP contribution is -2.60. The standard InChI is InChI=1S/C25H36N2O3/c1-6-29-22-12-9-18-20-11-10-19(17-8-7-15-26-16-17)25(20,5)14-13-21(18)27(22)23(28)30-24(2,3)4/h7-8,10,15-16,18,20-22H,6,9,11-14H2,1-5H3/t18-,20-,21-,22+,25+/m0/s1. The second kappa shape index (κ2) is 7.99. The van der Waals surface area contributed by atoms with Crippen molar-refractivity contribution in [3.8, 4) is 0 Å². The van der Waals surface area contributed by atoms with Crippen molar-refractivity contribution in [2.24, 2.45) is 17.3 Å². The Labute approximate surface area is 180 Å². The quantitative estimate of drug-likeness (QED) is 0.642. The topological polar surface area (TPSA) is 51.7 Å². The zero-order valence-electron chi connectivity index (χ0n) is 19.1. The van der Waals surface area contributed by atoms with E-state index in [1.54, 1.807) is 0 Å². The number of likely N-dealkylation sites (tertiary alicyclic amines) is 1. The molecule has 0 spiro atoms. The van der Waals surface area contributed by atoms with Gasteiger partial charge >= 0.3 is 6.09 Å². The summed E-state index contributed by atoms with van der Waals surface area (Å²) in [5.74, 6) is 1.01. The summed E-state index contributed by atoms with van der Waals surface area (Å²) in [6, 6.07) is 4.39. The average Bonchev–Trinajstić information content (AvgIpc) is 3.04. The molecule has 3 aliphatic rings. The second-order valence-corrected chi connectivity index (χ2v) is 10.3. The molecule has 2 heterocycles. The molecule has 0 unspecified atom stereocenters. The number of hydrogen-bond acceptors (Lipinski definition) is 4. The van der Waals surface area contributed by atoms with Crippen molar-refractivity contribution in [1.82, 2.24) is 9.88 Å². The molecule has 1 amide bonds. The Bertz CT molecular complexity index is 800. The molecule has 30 heavy (non-hydrogen) atoms. The molecule has 164 valence electrons. The van der Waals surface area contributed by atoms with Gasteiger partial charge in [0.25, 0.3) is 0 Å². The highest BCUT2D eigenvalue weighted by Gasteiger charge is 2.55. The summed E-state index contributed by atoms with van der Waals surface area (Å²) >= 11 is 0. The lowest BCUT2D eigenvalue weighted by molar-refractivity contribution is -0.136. The third-order valence-electron chi connectivity index (χ3n) is 7.33. The molecule has 1 aliphatic heterocycles. The van der Waals surface area contributed by atoms with Gasteiger partial charge < -0.3 is 9.47 Å². The monoisotopic (exact) mass is 412 g/mol. The number of fused-ring (bicyclic) bond motifs is 3. The Balaban J connectivity index is 1.60. The number of carbonyl (C=O) groups is 1. The summed E-state index contributed by atoms with van der Waals surface area (Å²) in [4.78, 5) is 19.5. The van der Waals surface area contributed by atoms with E-state index >= 15 is 0 Å². The summed E-state index contributed by atoms with van der Waals surface area (Å²) in [5.41, 5.74) is 2.32. The Kier molecular flexibility index (Phi) is 5.69. The van der Waals surface area contributed by atoms with Crippen molar-refractivity contribution in [3.05, 3.63) is 36.2 Å². The van der Waals surface area contributed by atoms with Crippen LogP contribution < -0.4 is 0 Å². The molecule has 1 aromatic rings. The van der Waals surface area contributed by atoms with Crippen LogP contribution >= 0.6 is 0 Å². The minimum atomic E-state index is -0.508. The zero-order valence-corrected chi connectivity index (χ0v) is 19.1. The van der Waals surface area contributed by atoms with E-state index in [1.165, 1.54) is 11.1 Å². The van der Waals surface area contributed by atoms with Gasteiger partial charge in [0.1, 0.15) is 11.8 Å². The molecular weight excluding hydrogens is 376 g/mol. The largest absolute Gasteiger partial charge is 0.444 e. The first-order chi connectivity index (χ1) is 14.2. The fraction of sp³-hybridized carbons (Fsp3) is 0.680. The fourth-order valence-electron chi connectivity index (χ4n) is 6.16. The van der Waals surface area contributed by atoms with Gasteiger partial charge in [0, 0.05) is 25.0 Å². The summed E-state index contributed by atoms with van der Waals surface area (Å²) in [5, 5.41) is 0. The van der Waals surface area contributed by atoms with Gasteiger partial charge in [-0.1, -0.05) is 19.1 Å². The molecule has 2 aliphatic carbocycles. The van der Waals surface area contributed by atoms with E-state index in [2.05, 4.69) is 24.1 Å². The molecular formula is C25H36N2O3. The van der Waals surface area contributed by atoms with E-state index in [0.29, 0.717) is 18.4 Å². The number of piperidine rings is 1. The van der Waals surface area contributed by atoms with Crippen LogP contribution in [0.25, 0.3) is 5.57 Å². The number of nitrogens with zero attached hydrogens (tertiary/aromatic N) is 2. The Morgan fingerprint density at radius 1 is 1.30 bits per heavy atom. The third-order valence-corrected chi connectivity index (χ3v) is 7.33. The van der Waals surface area contributed by atoms with Gasteiger partial charge in [0.2, 0.25) is 0 Å². The maximum absolute atomic E-state index is 13.2. The minimum absolute atomic E-state index is 0.141. The summed E-state index contributed by atoms with van der Waals surface area (Å²) in [6.45, 7) is 10.8. The highest BCUT2D eigenvalue weighted by Crippen LogP contribution is 2.60. The van der Waals surface area contributed by atoms with Crippen LogP contribution in [-0.4, -0.2) is 40.5 Å². The number of aromatic nitrogens is 1. The molecule has 4 rings (SSSR count). The van der Waals surface area contributed by atoms with Gasteiger partial charge in [-0.15, -0.1) is 0 Å². The normalized spacial score (nSPS) is 33.5. The SMILES string of the molecule is CCO[C@@H]1CC[C@@H]2[C@H](CC[C@]3(C)C(c4cccnc4)=CC[C@@H]23)N1C(=O)OC(C)(C)C. The molecule has 5 atom stereocenters. The molecule has 0 N–H and O–H groups in total. The molecule has 2 fully saturated rings. The van der Waals surface area contributed by atoms with Crippen molar-refractivity contribution in [2.45, 2.75) is 84.6 Å². The van der Waals surface area contributed by atoms with Crippen LogP contribution in [0.3, 0.4) is 0 Å². The van der Waals surface area contributed by atoms with E-state index in [1.807, 2.05) is 51.1 Å². The van der Waals surface area contributed by atoms with Crippen LogP contribution in [0, 0.1) is 17.3 Å². The van der Waals surface area contributed by atoms with E-state index in [-0.39, 0.29) is 23.8 Å². The van der Waals surface area contributed by atoms with E-state index in [0.717, 1.165) is 32.1 Å². The smallest absolute Gasteiger partial charge is 0.412 e. The van der Waals surface area contributed by atoms with Crippen molar-refractivity contribution in [3.63, 3.8) is 0 Å². The lowest BCUT2D eigenvalue weighted by atomic mass is 9.57. The van der Waals surface area contributed by atoms with Crippen LogP contribution in [0.5, 0.6) is 0 Å². The average molecular weight is 413 g/mol. The Hall–Kier alpha value is -1.88. The van der Waals surface area contributed by atoms with Gasteiger partial charge in [-0.05, 0) is 94.3 Å². The predicted molar refractivity (Wildman–Crippen MR) is 118 cm³/mol. The van der Waals surface area contributed by atoms with Crippen LogP contribution in [0.4, 0.5) is 4.79 Å². The number of ether oxygens (including phenoxy) is 2. The fourth-order valence-corrected chi connectivity index (χ4v) is 6.16. The van der Waals surface area contributed by atoms with Crippen LogP contribution in [-0.2, 0) is 9.47 Å². The molecule has 0 radical (unpaired) electrons. The van der Waals surface area contributed by atoms with Crippen molar-refractivity contribution in [2.75, 3.05) is 6.61 Å². The number of carbonyl (C=O) groups excluding carboxylic acids is 1. The lowest BCUT2D eigenvalue weighted by Gasteiger charge is -2.55. The second-order valence-electron chi connectivity index (χ2n) is 10.3. The van der Waals surface area contributed by atoms with Gasteiger partial charge in [-0.25, -0.2) is 4.79 Å². The van der Waals surface area contributed by atoms with Gasteiger partial charge in [0.15, 0.2) is 0 Å². The van der Waals surface area contributed by atoms with E-state index in [9.17, 15) is 4.79 Å². The van der Waals surface area contributed by atoms with Crippen LogP contribution in [0.1, 0.15) is 72.3 Å². The number of pyridine rings is 1. The van der Waals surface area contributed by atoms with Gasteiger partial charge in [0.05, 0.1) is 0 Å². The summed E-state index contributed by atoms with van der Waals surface area (Å²) < 4.78 is 11.8. The molecule has 1 aromatic heterocycles. The van der Waals surface area contributed by atoms with Crippen molar-refractivity contribution in [1.29, 1.82) is 0 Å². The highest BCUT2D eigenvalue weighted by molar-refractivity contribution is 5.73. The Morgan fingerprint density at radius 3 is 2.77 bits per heavy atom. The molecule has 0 bridgehead atoms. The molecule has 5 nitrogen and oxygen atoms in total. The van der Waals surface area contributed by atoms with Crippen LogP contribution in [0.2, 0.25) is 0 Å². The third kappa shape index (κ3) is 3.77. The number of amides is 1. The molecule has 5 heteroatoms. The maximum atomic E-state index is 13.2. The van der Waals surface area contributed by atoms with E-state index in [4.69, 9.17) is 9.47 Å². The molecule has 1 saturated heterocycles. The first-order valence-electron chi connectivity index (χ1n) is 11.5. The molecule has 0 aromatic carbocycles. The predicted octanol–water partition coefficient (Wildman–Crippen LogP) is 5.66. The summed E-state index contributed by atoms with van der Waals surface area (Å²) in [7, 11) is 0. The molecule has 1 saturated carbocycles. The van der Waals surface area contributed by atoms with Crippen molar-refractivity contribution >= 4 is 11.7 Å². The zero-order chi connectivity index (χ0) is 21.5. The first kappa shape index (κ1) is 21.4.